The van der Waals surface area contributed by atoms with Crippen LogP contribution in [0.4, 0.5) is 5.69 Å². The van der Waals surface area contributed by atoms with E-state index in [1.165, 1.54) is 18.9 Å². The first-order valence-electron chi connectivity index (χ1n) is 10.7. The van der Waals surface area contributed by atoms with Crippen LogP contribution in [0.25, 0.3) is 0 Å². The van der Waals surface area contributed by atoms with Crippen LogP contribution in [-0.4, -0.2) is 52.1 Å². The number of amides is 4. The Morgan fingerprint density at radius 2 is 1.50 bits per heavy atom. The maximum absolute atomic E-state index is 13.4. The lowest BCUT2D eigenvalue weighted by Crippen LogP contribution is -2.59. The number of nitrogens with zero attached hydrogens (tertiary/aromatic N) is 2. The molecule has 0 spiro atoms. The van der Waals surface area contributed by atoms with Crippen molar-refractivity contribution in [2.45, 2.75) is 52.6 Å². The monoisotopic (exact) mass is 435 g/mol. The number of carbonyl (C=O) groups excluding carboxylic acids is 4. The summed E-state index contributed by atoms with van der Waals surface area (Å²) in [7, 11) is 1.53. The lowest BCUT2D eigenvalue weighted by atomic mass is 9.94. The quantitative estimate of drug-likeness (QED) is 0.703. The molecule has 1 N–H and O–H groups in total. The summed E-state index contributed by atoms with van der Waals surface area (Å²) in [5.41, 5.74) is 1.94. The average molecular weight is 436 g/mol. The van der Waals surface area contributed by atoms with Crippen LogP contribution in [0.3, 0.4) is 0 Å². The summed E-state index contributed by atoms with van der Waals surface area (Å²) in [6.45, 7) is 8.83. The first-order chi connectivity index (χ1) is 15.0. The van der Waals surface area contributed by atoms with Crippen molar-refractivity contribution in [3.05, 3.63) is 64.7 Å². The van der Waals surface area contributed by atoms with Crippen LogP contribution >= 0.6 is 0 Å². The minimum atomic E-state index is -1.18. The fraction of sp³-hybridized carbons (Fsp3) is 0.360. The molecule has 0 saturated heterocycles. The molecule has 32 heavy (non-hydrogen) atoms. The molecule has 3 rings (SSSR count). The number of fused-ring (bicyclic) bond motifs is 1. The molecule has 1 aliphatic heterocycles. The third-order valence-electron chi connectivity index (χ3n) is 6.54. The van der Waals surface area contributed by atoms with Gasteiger partial charge in [0.2, 0.25) is 11.8 Å². The van der Waals surface area contributed by atoms with Crippen LogP contribution in [-0.2, 0) is 9.59 Å². The second kappa shape index (κ2) is 8.57. The van der Waals surface area contributed by atoms with E-state index >= 15 is 0 Å². The van der Waals surface area contributed by atoms with Gasteiger partial charge in [-0.15, -0.1) is 0 Å². The predicted octanol–water partition coefficient (Wildman–Crippen LogP) is 3.55. The van der Waals surface area contributed by atoms with E-state index in [2.05, 4.69) is 5.32 Å². The number of hydrogen-bond donors (Lipinski definition) is 1. The summed E-state index contributed by atoms with van der Waals surface area (Å²) in [5.74, 6) is -1.82. The molecule has 1 heterocycles. The van der Waals surface area contributed by atoms with Gasteiger partial charge in [-0.25, -0.2) is 0 Å². The van der Waals surface area contributed by atoms with E-state index in [1.807, 2.05) is 39.0 Å². The maximum atomic E-state index is 13.4. The van der Waals surface area contributed by atoms with Crippen molar-refractivity contribution in [1.29, 1.82) is 0 Å². The van der Waals surface area contributed by atoms with Gasteiger partial charge >= 0.3 is 0 Å². The molecule has 0 saturated carbocycles. The van der Waals surface area contributed by atoms with Gasteiger partial charge in [0.1, 0.15) is 11.6 Å². The highest BCUT2D eigenvalue weighted by Crippen LogP contribution is 2.28. The van der Waals surface area contributed by atoms with E-state index in [0.29, 0.717) is 12.1 Å². The number of rotatable bonds is 6. The second-order valence-electron chi connectivity index (χ2n) is 8.45. The maximum Gasteiger partial charge on any atom is 0.262 e. The van der Waals surface area contributed by atoms with Crippen LogP contribution in [0.1, 0.15) is 59.0 Å². The number of benzene rings is 2. The number of carbonyl (C=O) groups is 4. The number of imide groups is 1. The van der Waals surface area contributed by atoms with Gasteiger partial charge < -0.3 is 10.2 Å². The molecule has 168 valence electrons. The Morgan fingerprint density at radius 1 is 1.00 bits per heavy atom. The third kappa shape index (κ3) is 3.68. The van der Waals surface area contributed by atoms with Crippen LogP contribution < -0.4 is 5.32 Å². The summed E-state index contributed by atoms with van der Waals surface area (Å²) >= 11 is 0. The molecule has 4 amide bonds. The molecule has 0 bridgehead atoms. The number of hydrogen-bond acceptors (Lipinski definition) is 4. The van der Waals surface area contributed by atoms with E-state index in [-0.39, 0.29) is 17.0 Å². The molecule has 2 atom stereocenters. The highest BCUT2D eigenvalue weighted by atomic mass is 16.2. The van der Waals surface area contributed by atoms with Crippen LogP contribution in [0.5, 0.6) is 0 Å². The molecule has 1 aliphatic rings. The summed E-state index contributed by atoms with van der Waals surface area (Å²) in [6.07, 6.45) is 0.348. The van der Waals surface area contributed by atoms with Crippen LogP contribution in [0, 0.1) is 13.8 Å². The Labute approximate surface area is 188 Å². The van der Waals surface area contributed by atoms with Crippen molar-refractivity contribution in [3.8, 4) is 0 Å². The SMILES string of the molecule is CC[C@@](C)(C(=O)Nc1c(C)cccc1C)N(C)C(=O)[C@H](C)N1C(=O)c2ccccc2C1=O. The Hall–Kier alpha value is -3.48. The van der Waals surface area contributed by atoms with E-state index in [9.17, 15) is 19.2 Å². The normalized spacial score (nSPS) is 15.8. The van der Waals surface area contributed by atoms with Gasteiger partial charge in [-0.2, -0.15) is 0 Å². The first kappa shape index (κ1) is 23.2. The van der Waals surface area contributed by atoms with Gasteiger partial charge in [0.15, 0.2) is 0 Å². The molecule has 7 heteroatoms. The van der Waals surface area contributed by atoms with Crippen LogP contribution in [0.15, 0.2) is 42.5 Å². The van der Waals surface area contributed by atoms with Crippen molar-refractivity contribution in [2.75, 3.05) is 12.4 Å². The summed E-state index contributed by atoms with van der Waals surface area (Å²) in [4.78, 5) is 54.6. The zero-order valence-electron chi connectivity index (χ0n) is 19.4. The summed E-state index contributed by atoms with van der Waals surface area (Å²) < 4.78 is 0. The number of anilines is 1. The summed E-state index contributed by atoms with van der Waals surface area (Å²) in [6, 6.07) is 11.2. The van der Waals surface area contributed by atoms with E-state index in [0.717, 1.165) is 16.0 Å². The van der Waals surface area contributed by atoms with Crippen molar-refractivity contribution in [1.82, 2.24) is 9.80 Å². The van der Waals surface area contributed by atoms with Gasteiger partial charge in [-0.3, -0.25) is 24.1 Å². The van der Waals surface area contributed by atoms with Crippen molar-refractivity contribution < 1.29 is 19.2 Å². The van der Waals surface area contributed by atoms with Gasteiger partial charge in [0.25, 0.3) is 11.8 Å². The number of nitrogens with one attached hydrogen (secondary N) is 1. The number of aryl methyl sites for hydroxylation is 2. The third-order valence-corrected chi connectivity index (χ3v) is 6.54. The van der Waals surface area contributed by atoms with Gasteiger partial charge in [-0.1, -0.05) is 37.3 Å². The largest absolute Gasteiger partial charge is 0.330 e. The minimum absolute atomic E-state index is 0.283. The van der Waals surface area contributed by atoms with E-state index < -0.39 is 29.3 Å². The van der Waals surface area contributed by atoms with E-state index in [1.54, 1.807) is 31.2 Å². The molecule has 7 nitrogen and oxygen atoms in total. The predicted molar refractivity (Wildman–Crippen MR) is 122 cm³/mol. The zero-order valence-corrected chi connectivity index (χ0v) is 19.4. The van der Waals surface area contributed by atoms with Crippen molar-refractivity contribution in [3.63, 3.8) is 0 Å². The molecule has 2 aromatic carbocycles. The highest BCUT2D eigenvalue weighted by molar-refractivity contribution is 6.22. The summed E-state index contributed by atoms with van der Waals surface area (Å²) in [5, 5.41) is 2.97. The average Bonchev–Trinajstić information content (AvgIpc) is 3.04. The molecular weight excluding hydrogens is 406 g/mol. The molecule has 0 unspecified atom stereocenters. The Balaban J connectivity index is 1.85. The molecular formula is C25H29N3O4. The van der Waals surface area contributed by atoms with Gasteiger partial charge in [0, 0.05) is 12.7 Å². The lowest BCUT2D eigenvalue weighted by Gasteiger charge is -2.39. The Kier molecular flexibility index (Phi) is 6.21. The molecule has 0 fully saturated rings. The Bertz CT molecular complexity index is 1050. The van der Waals surface area contributed by atoms with Crippen molar-refractivity contribution in [2.24, 2.45) is 0 Å². The topological polar surface area (TPSA) is 86.8 Å². The molecule has 0 aromatic heterocycles. The highest BCUT2D eigenvalue weighted by Gasteiger charge is 2.45. The lowest BCUT2D eigenvalue weighted by molar-refractivity contribution is -0.145. The van der Waals surface area contributed by atoms with Crippen LogP contribution in [0.2, 0.25) is 0 Å². The van der Waals surface area contributed by atoms with Gasteiger partial charge in [-0.05, 0) is 57.4 Å². The standard InChI is InChI=1S/C25H29N3O4/c1-7-25(5,24(32)26-20-15(2)11-10-12-16(20)3)27(6)21(29)17(4)28-22(30)18-13-8-9-14-19(18)23(28)31/h8-14,17H,7H2,1-6H3,(H,26,32)/t17-,25-/m0/s1. The fourth-order valence-corrected chi connectivity index (χ4v) is 4.00. The smallest absolute Gasteiger partial charge is 0.262 e. The second-order valence-corrected chi connectivity index (χ2v) is 8.45. The van der Waals surface area contributed by atoms with Crippen molar-refractivity contribution >= 4 is 29.3 Å². The molecule has 0 radical (unpaired) electrons. The zero-order chi connectivity index (χ0) is 23.8. The Morgan fingerprint density at radius 3 is 1.97 bits per heavy atom. The number of para-hydroxylation sites is 1. The minimum Gasteiger partial charge on any atom is -0.330 e. The van der Waals surface area contributed by atoms with E-state index in [4.69, 9.17) is 0 Å². The van der Waals surface area contributed by atoms with Gasteiger partial charge in [0.05, 0.1) is 11.1 Å². The fourth-order valence-electron chi connectivity index (χ4n) is 4.00. The molecule has 0 aliphatic carbocycles. The first-order valence-corrected chi connectivity index (χ1v) is 10.7. The molecule has 2 aromatic rings. The number of likely N-dealkylation sites (N-methyl/N-ethyl adjacent to an activating group) is 1.